The van der Waals surface area contributed by atoms with Crippen LogP contribution in [0, 0.1) is 12.8 Å². The van der Waals surface area contributed by atoms with Crippen molar-refractivity contribution in [2.45, 2.75) is 115 Å². The molecule has 8 rings (SSSR count). The fourth-order valence-corrected chi connectivity index (χ4v) is 13.5. The predicted octanol–water partition coefficient (Wildman–Crippen LogP) is 6.20. The molecule has 5 heterocycles. The number of ether oxygens (including phenoxy) is 5. The van der Waals surface area contributed by atoms with Crippen LogP contribution in [0.25, 0.3) is 11.2 Å². The van der Waals surface area contributed by atoms with Gasteiger partial charge in [-0.2, -0.15) is 4.98 Å². The van der Waals surface area contributed by atoms with Gasteiger partial charge < -0.3 is 37.6 Å². The Morgan fingerprint density at radius 3 is 1.89 bits per heavy atom. The summed E-state index contributed by atoms with van der Waals surface area (Å²) in [5.74, 6) is 0.612. The van der Waals surface area contributed by atoms with Gasteiger partial charge in [0.25, 0.3) is 11.1 Å². The van der Waals surface area contributed by atoms with E-state index in [1.165, 1.54) is 17.1 Å². The van der Waals surface area contributed by atoms with Crippen molar-refractivity contribution >= 4 is 31.6 Å². The molecule has 0 radical (unpaired) electrons. The van der Waals surface area contributed by atoms with Gasteiger partial charge in [0.05, 0.1) is 46.0 Å². The number of H-pyrrole nitrogens is 2. The summed E-state index contributed by atoms with van der Waals surface area (Å²) in [7, 11) is -0.265. The molecule has 378 valence electrons. The van der Waals surface area contributed by atoms with Crippen LogP contribution in [-0.4, -0.2) is 100 Å². The monoisotopic (exact) mass is 993 g/mol. The second kappa shape index (κ2) is 21.2. The highest BCUT2D eigenvalue weighted by Crippen LogP contribution is 2.46. The van der Waals surface area contributed by atoms with Gasteiger partial charge in [-0.1, -0.05) is 96.1 Å². The Bertz CT molecular complexity index is 2920. The standard InChI is InChI=1S/C51H63N7O12Si/c1-29(2)46(60)54-49-53-45-44(48(62)55-49)52-28-58(45)43-23-38(40(26-59)67-43)69-71(30(3)4,31(5)6)70-39-24-42(57-25-32(7)47(61)56-50(57)63)68-41(39)27-66-51(33-13-11-10-12-14-33,34-15-19-36(64-8)20-16-34)35-17-21-37(65-9)22-18-35/h10-22,25,28-31,38-43,59H,23-24,26-27H2,1-9H3,(H,56,61,63)(H2,53,54,55,60,62)/t38-,39+,40+,41-,42-,43+/m1/s1. The minimum atomic E-state index is -3.49. The lowest BCUT2D eigenvalue weighted by molar-refractivity contribution is -0.118. The van der Waals surface area contributed by atoms with Gasteiger partial charge in [0.2, 0.25) is 11.9 Å². The number of nitrogens with one attached hydrogen (secondary N) is 3. The number of amides is 1. The number of aliphatic hydroxyl groups is 1. The van der Waals surface area contributed by atoms with Crippen LogP contribution in [0.4, 0.5) is 5.95 Å². The fourth-order valence-electron chi connectivity index (χ4n) is 9.55. The van der Waals surface area contributed by atoms with Crippen LogP contribution in [-0.2, 0) is 33.5 Å². The van der Waals surface area contributed by atoms with E-state index in [4.69, 9.17) is 32.5 Å². The maximum atomic E-state index is 13.5. The van der Waals surface area contributed by atoms with Crippen molar-refractivity contribution in [1.29, 1.82) is 0 Å². The van der Waals surface area contributed by atoms with E-state index in [1.54, 1.807) is 39.6 Å². The van der Waals surface area contributed by atoms with Crippen LogP contribution >= 0.6 is 0 Å². The Balaban J connectivity index is 1.17. The second-order valence-corrected chi connectivity index (χ2v) is 23.2. The van der Waals surface area contributed by atoms with Crippen LogP contribution < -0.4 is 31.6 Å². The zero-order chi connectivity index (χ0) is 50.8. The number of benzene rings is 3. The fraction of sp³-hybridized carbons (Fsp3) is 0.451. The van der Waals surface area contributed by atoms with E-state index < -0.39 is 74.4 Å². The first-order chi connectivity index (χ1) is 34.0. The molecular weight excluding hydrogens is 931 g/mol. The first-order valence-electron chi connectivity index (χ1n) is 23.9. The molecule has 0 unspecified atom stereocenters. The number of aromatic nitrogens is 6. The average Bonchev–Trinajstić information content (AvgIpc) is 4.10. The van der Waals surface area contributed by atoms with Gasteiger partial charge in [-0.25, -0.2) is 9.78 Å². The van der Waals surface area contributed by atoms with Crippen LogP contribution in [0.5, 0.6) is 11.5 Å². The molecule has 20 heteroatoms. The van der Waals surface area contributed by atoms with Gasteiger partial charge in [0, 0.05) is 30.5 Å². The maximum absolute atomic E-state index is 13.5. The van der Waals surface area contributed by atoms with E-state index in [0.29, 0.717) is 17.1 Å². The molecule has 1 amide bonds. The molecule has 0 saturated carbocycles. The van der Waals surface area contributed by atoms with Crippen molar-refractivity contribution in [3.05, 3.63) is 145 Å². The molecule has 2 aliphatic heterocycles. The summed E-state index contributed by atoms with van der Waals surface area (Å²) in [4.78, 5) is 65.7. The summed E-state index contributed by atoms with van der Waals surface area (Å²) in [6, 6.07) is 25.3. The molecule has 2 fully saturated rings. The van der Waals surface area contributed by atoms with Crippen LogP contribution in [0.1, 0.15) is 89.1 Å². The number of aromatic amines is 2. The lowest BCUT2D eigenvalue weighted by atomic mass is 9.80. The summed E-state index contributed by atoms with van der Waals surface area (Å²) in [5.41, 5.74) is -0.244. The summed E-state index contributed by atoms with van der Waals surface area (Å²) in [6.07, 6.45) is -1.34. The summed E-state index contributed by atoms with van der Waals surface area (Å²) in [6.45, 7) is 12.8. The number of hydrogen-bond acceptors (Lipinski definition) is 14. The molecule has 6 aromatic rings. The lowest BCUT2D eigenvalue weighted by Crippen LogP contribution is -2.55. The largest absolute Gasteiger partial charge is 0.497 e. The van der Waals surface area contributed by atoms with E-state index in [9.17, 15) is 24.3 Å². The molecule has 0 spiro atoms. The molecule has 6 atom stereocenters. The van der Waals surface area contributed by atoms with Crippen molar-refractivity contribution in [2.24, 2.45) is 5.92 Å². The van der Waals surface area contributed by atoms with Crippen molar-refractivity contribution in [1.82, 2.24) is 29.1 Å². The highest BCUT2D eigenvalue weighted by Gasteiger charge is 2.54. The Hall–Kier alpha value is -6.26. The number of carbonyl (C=O) groups excluding carboxylic acids is 1. The van der Waals surface area contributed by atoms with Crippen molar-refractivity contribution in [3.8, 4) is 11.5 Å². The smallest absolute Gasteiger partial charge is 0.344 e. The molecule has 3 aromatic heterocycles. The first-order valence-corrected chi connectivity index (χ1v) is 25.8. The SMILES string of the molecule is COc1ccc(C(OC[C@H]2O[C@@H](n3cc(C)c(=O)[nH]c3=O)C[C@@H]2O[Si](O[C@@H]2C[C@@H](n3cnc4c(=O)[nH]c(NC(=O)C(C)C)nc43)O[C@H]2CO)(C(C)C)C(C)C)(c2ccccc2)c2ccc(OC)cc2)cc1. The second-order valence-electron chi connectivity index (χ2n) is 18.9. The average molecular weight is 994 g/mol. The summed E-state index contributed by atoms with van der Waals surface area (Å²) < 4.78 is 49.6. The van der Waals surface area contributed by atoms with E-state index in [0.717, 1.165) is 16.7 Å². The normalized spacial score (nSPS) is 20.6. The molecule has 71 heavy (non-hydrogen) atoms. The minimum absolute atomic E-state index is 0.0317. The first kappa shape index (κ1) is 51.1. The summed E-state index contributed by atoms with van der Waals surface area (Å²) in [5, 5.41) is 13.5. The number of imidazole rings is 1. The molecular formula is C51H63N7O12Si. The Labute approximate surface area is 411 Å². The lowest BCUT2D eigenvalue weighted by Gasteiger charge is -2.43. The van der Waals surface area contributed by atoms with Crippen LogP contribution in [0.2, 0.25) is 11.1 Å². The highest BCUT2D eigenvalue weighted by molar-refractivity contribution is 6.70. The zero-order valence-electron chi connectivity index (χ0n) is 41.4. The molecule has 0 aliphatic carbocycles. The molecule has 2 saturated heterocycles. The number of nitrogens with zero attached hydrogens (tertiary/aromatic N) is 4. The number of aliphatic hydroxyl groups excluding tert-OH is 1. The van der Waals surface area contributed by atoms with Gasteiger partial charge >= 0.3 is 14.3 Å². The summed E-state index contributed by atoms with van der Waals surface area (Å²) >= 11 is 0. The van der Waals surface area contributed by atoms with E-state index >= 15 is 0 Å². The predicted molar refractivity (Wildman–Crippen MR) is 266 cm³/mol. The number of anilines is 1. The Morgan fingerprint density at radius 1 is 0.789 bits per heavy atom. The number of carbonyl (C=O) groups is 1. The van der Waals surface area contributed by atoms with Gasteiger partial charge in [-0.15, -0.1) is 0 Å². The topological polar surface area (TPSA) is 232 Å². The third kappa shape index (κ3) is 10.1. The van der Waals surface area contributed by atoms with E-state index in [2.05, 4.69) is 25.3 Å². The third-order valence-corrected chi connectivity index (χ3v) is 18.0. The third-order valence-electron chi connectivity index (χ3n) is 13.4. The number of methoxy groups -OCH3 is 2. The van der Waals surface area contributed by atoms with Gasteiger partial charge in [-0.05, 0) is 59.0 Å². The molecule has 2 aliphatic rings. The highest BCUT2D eigenvalue weighted by atomic mass is 28.4. The van der Waals surface area contributed by atoms with Crippen LogP contribution in [0.15, 0.2) is 106 Å². The molecule has 19 nitrogen and oxygen atoms in total. The Morgan fingerprint density at radius 2 is 1.34 bits per heavy atom. The van der Waals surface area contributed by atoms with Crippen molar-refractivity contribution in [2.75, 3.05) is 32.8 Å². The number of rotatable bonds is 19. The number of fused-ring (bicyclic) bond motifs is 1. The molecule has 0 bridgehead atoms. The minimum Gasteiger partial charge on any atom is -0.497 e. The quantitative estimate of drug-likeness (QED) is 0.0523. The molecule has 4 N–H and O–H groups in total. The van der Waals surface area contributed by atoms with Crippen molar-refractivity contribution in [3.63, 3.8) is 0 Å². The van der Waals surface area contributed by atoms with Gasteiger partial charge in [-0.3, -0.25) is 38.8 Å². The number of hydrogen-bond donors (Lipinski definition) is 4. The van der Waals surface area contributed by atoms with Gasteiger partial charge in [0.1, 0.15) is 41.8 Å². The molecule has 3 aromatic carbocycles. The zero-order valence-corrected chi connectivity index (χ0v) is 42.4. The maximum Gasteiger partial charge on any atom is 0.344 e. The van der Waals surface area contributed by atoms with E-state index in [1.807, 2.05) is 107 Å². The van der Waals surface area contributed by atoms with E-state index in [-0.39, 0.29) is 59.5 Å². The number of aryl methyl sites for hydroxylation is 1. The van der Waals surface area contributed by atoms with Crippen LogP contribution in [0.3, 0.4) is 0 Å². The van der Waals surface area contributed by atoms with Crippen molar-refractivity contribution < 1.29 is 42.4 Å². The van der Waals surface area contributed by atoms with Gasteiger partial charge in [0.15, 0.2) is 11.2 Å². The Kier molecular flexibility index (Phi) is 15.3.